The Balaban J connectivity index is 2.10. The van der Waals surface area contributed by atoms with E-state index in [1.54, 1.807) is 0 Å². The number of amides is 1. The molecule has 0 saturated carbocycles. The minimum atomic E-state index is -0.348. The zero-order valence-electron chi connectivity index (χ0n) is 11.0. The van der Waals surface area contributed by atoms with Gasteiger partial charge in [-0.05, 0) is 19.1 Å². The molecule has 0 aliphatic rings. The summed E-state index contributed by atoms with van der Waals surface area (Å²) in [6.45, 7) is 2.47. The molecule has 0 spiro atoms. The van der Waals surface area contributed by atoms with Crippen molar-refractivity contribution in [2.24, 2.45) is 5.73 Å². The summed E-state index contributed by atoms with van der Waals surface area (Å²) >= 11 is 1.30. The third-order valence-electron chi connectivity index (χ3n) is 2.40. The molecule has 1 aromatic carbocycles. The van der Waals surface area contributed by atoms with Gasteiger partial charge >= 0.3 is 0 Å². The number of thioether (sulfide) groups is 1. The van der Waals surface area contributed by atoms with E-state index in [0.717, 1.165) is 5.56 Å². The Morgan fingerprint density at radius 1 is 1.40 bits per heavy atom. The van der Waals surface area contributed by atoms with Crippen LogP contribution in [0.25, 0.3) is 11.5 Å². The molecule has 0 fully saturated rings. The summed E-state index contributed by atoms with van der Waals surface area (Å²) in [7, 11) is 0. The fraction of sp³-hybridized carbons (Fsp3) is 0.308. The summed E-state index contributed by atoms with van der Waals surface area (Å²) in [5, 5.41) is 8.33. The number of para-hydroxylation sites is 1. The molecule has 1 amide bonds. The third-order valence-corrected chi connectivity index (χ3v) is 3.22. The van der Waals surface area contributed by atoms with Gasteiger partial charge in [-0.25, -0.2) is 0 Å². The van der Waals surface area contributed by atoms with Crippen LogP contribution in [0.5, 0.6) is 5.75 Å². The van der Waals surface area contributed by atoms with Gasteiger partial charge in [0.1, 0.15) is 5.75 Å². The van der Waals surface area contributed by atoms with Crippen molar-refractivity contribution in [2.75, 3.05) is 12.4 Å². The number of primary amides is 1. The lowest BCUT2D eigenvalue weighted by atomic mass is 10.2. The molecule has 20 heavy (non-hydrogen) atoms. The van der Waals surface area contributed by atoms with Crippen LogP contribution < -0.4 is 10.5 Å². The molecule has 1 aromatic heterocycles. The monoisotopic (exact) mass is 293 g/mol. The van der Waals surface area contributed by atoms with Crippen LogP contribution in [0.3, 0.4) is 0 Å². The Morgan fingerprint density at radius 2 is 2.20 bits per heavy atom. The minimum Gasteiger partial charge on any atom is -0.493 e. The SMILES string of the molecule is CCOc1ccccc1-c1nnc(SCCC(N)=O)o1. The summed E-state index contributed by atoms with van der Waals surface area (Å²) < 4.78 is 11.1. The first-order chi connectivity index (χ1) is 9.70. The molecule has 0 radical (unpaired) electrons. The predicted octanol–water partition coefficient (Wildman–Crippen LogP) is 2.10. The summed E-state index contributed by atoms with van der Waals surface area (Å²) in [4.78, 5) is 10.7. The number of rotatable bonds is 7. The highest BCUT2D eigenvalue weighted by Crippen LogP contribution is 2.30. The Hall–Kier alpha value is -2.02. The van der Waals surface area contributed by atoms with E-state index >= 15 is 0 Å². The smallest absolute Gasteiger partial charge is 0.276 e. The predicted molar refractivity (Wildman–Crippen MR) is 75.4 cm³/mol. The zero-order chi connectivity index (χ0) is 14.4. The van der Waals surface area contributed by atoms with E-state index in [1.807, 2.05) is 31.2 Å². The summed E-state index contributed by atoms with van der Waals surface area (Å²) in [6, 6.07) is 7.47. The molecular formula is C13H15N3O3S. The van der Waals surface area contributed by atoms with E-state index < -0.39 is 0 Å². The van der Waals surface area contributed by atoms with Gasteiger partial charge in [0, 0.05) is 12.2 Å². The molecule has 0 aliphatic heterocycles. The molecule has 0 atom stereocenters. The van der Waals surface area contributed by atoms with Crippen LogP contribution in [-0.4, -0.2) is 28.5 Å². The van der Waals surface area contributed by atoms with Gasteiger partial charge in [-0.15, -0.1) is 10.2 Å². The molecule has 0 aliphatic carbocycles. The van der Waals surface area contributed by atoms with E-state index in [9.17, 15) is 4.79 Å². The quantitative estimate of drug-likeness (QED) is 0.786. The van der Waals surface area contributed by atoms with Gasteiger partial charge in [0.15, 0.2) is 0 Å². The van der Waals surface area contributed by atoms with Crippen LogP contribution in [0.4, 0.5) is 0 Å². The van der Waals surface area contributed by atoms with Crippen LogP contribution in [0.2, 0.25) is 0 Å². The van der Waals surface area contributed by atoms with Crippen molar-refractivity contribution in [3.63, 3.8) is 0 Å². The number of benzene rings is 1. The highest BCUT2D eigenvalue weighted by molar-refractivity contribution is 7.99. The summed E-state index contributed by atoms with van der Waals surface area (Å²) in [6.07, 6.45) is 0.276. The molecule has 1 heterocycles. The van der Waals surface area contributed by atoms with Crippen molar-refractivity contribution in [3.8, 4) is 17.2 Å². The maximum absolute atomic E-state index is 10.7. The van der Waals surface area contributed by atoms with Crippen LogP contribution in [0, 0.1) is 0 Å². The Morgan fingerprint density at radius 3 is 2.95 bits per heavy atom. The second kappa shape index (κ2) is 6.95. The summed E-state index contributed by atoms with van der Waals surface area (Å²) in [5.74, 6) is 1.27. The van der Waals surface area contributed by atoms with Crippen LogP contribution in [0.1, 0.15) is 13.3 Å². The fourth-order valence-electron chi connectivity index (χ4n) is 1.54. The number of hydrogen-bond acceptors (Lipinski definition) is 6. The molecular weight excluding hydrogens is 278 g/mol. The van der Waals surface area contributed by atoms with Gasteiger partial charge in [0.2, 0.25) is 5.91 Å². The Labute approximate surface area is 120 Å². The Bertz CT molecular complexity index is 586. The van der Waals surface area contributed by atoms with Crippen molar-refractivity contribution >= 4 is 17.7 Å². The average molecular weight is 293 g/mol. The lowest BCUT2D eigenvalue weighted by Gasteiger charge is -2.05. The van der Waals surface area contributed by atoms with E-state index in [4.69, 9.17) is 14.9 Å². The third kappa shape index (κ3) is 3.74. The lowest BCUT2D eigenvalue weighted by molar-refractivity contribution is -0.117. The van der Waals surface area contributed by atoms with Gasteiger partial charge < -0.3 is 14.9 Å². The van der Waals surface area contributed by atoms with Crippen LogP contribution in [-0.2, 0) is 4.79 Å². The molecule has 2 aromatic rings. The second-order valence-corrected chi connectivity index (χ2v) is 4.91. The fourth-order valence-corrected chi connectivity index (χ4v) is 2.25. The number of ether oxygens (including phenoxy) is 1. The van der Waals surface area contributed by atoms with Gasteiger partial charge in [0.25, 0.3) is 11.1 Å². The maximum Gasteiger partial charge on any atom is 0.276 e. The molecule has 7 heteroatoms. The molecule has 106 valence electrons. The number of aromatic nitrogens is 2. The van der Waals surface area contributed by atoms with E-state index in [2.05, 4.69) is 10.2 Å². The first kappa shape index (κ1) is 14.4. The summed E-state index contributed by atoms with van der Waals surface area (Å²) in [5.41, 5.74) is 5.82. The highest BCUT2D eigenvalue weighted by Gasteiger charge is 2.13. The van der Waals surface area contributed by atoms with Gasteiger partial charge in [0.05, 0.1) is 12.2 Å². The topological polar surface area (TPSA) is 91.2 Å². The minimum absolute atomic E-state index is 0.276. The molecule has 6 nitrogen and oxygen atoms in total. The van der Waals surface area contributed by atoms with Crippen molar-refractivity contribution in [1.82, 2.24) is 10.2 Å². The van der Waals surface area contributed by atoms with Crippen LogP contribution in [0.15, 0.2) is 33.9 Å². The maximum atomic E-state index is 10.7. The van der Waals surface area contributed by atoms with Crippen molar-refractivity contribution < 1.29 is 13.9 Å². The van der Waals surface area contributed by atoms with Gasteiger partial charge in [-0.2, -0.15) is 0 Å². The molecule has 0 saturated heterocycles. The standard InChI is InChI=1S/C13H15N3O3S/c1-2-18-10-6-4-3-5-9(10)12-15-16-13(19-12)20-8-7-11(14)17/h3-6H,2,7-8H2,1H3,(H2,14,17). The lowest BCUT2D eigenvalue weighted by Crippen LogP contribution is -2.10. The number of hydrogen-bond donors (Lipinski definition) is 1. The first-order valence-electron chi connectivity index (χ1n) is 6.17. The molecule has 0 unspecified atom stereocenters. The van der Waals surface area contributed by atoms with Crippen molar-refractivity contribution in [1.29, 1.82) is 0 Å². The second-order valence-electron chi connectivity index (χ2n) is 3.87. The average Bonchev–Trinajstić information content (AvgIpc) is 2.88. The Kier molecular flexibility index (Phi) is 5.00. The van der Waals surface area contributed by atoms with Crippen LogP contribution >= 0.6 is 11.8 Å². The largest absolute Gasteiger partial charge is 0.493 e. The number of nitrogens with zero attached hydrogens (tertiary/aromatic N) is 2. The van der Waals surface area contributed by atoms with Crippen molar-refractivity contribution in [2.45, 2.75) is 18.6 Å². The van der Waals surface area contributed by atoms with E-state index in [-0.39, 0.29) is 12.3 Å². The molecule has 2 N–H and O–H groups in total. The van der Waals surface area contributed by atoms with E-state index in [1.165, 1.54) is 11.8 Å². The van der Waals surface area contributed by atoms with Gasteiger partial charge in [-0.1, -0.05) is 23.9 Å². The normalized spacial score (nSPS) is 10.4. The molecule has 2 rings (SSSR count). The highest BCUT2D eigenvalue weighted by atomic mass is 32.2. The van der Waals surface area contributed by atoms with Gasteiger partial charge in [-0.3, -0.25) is 4.79 Å². The molecule has 0 bridgehead atoms. The number of carbonyl (C=O) groups is 1. The van der Waals surface area contributed by atoms with Crippen molar-refractivity contribution in [3.05, 3.63) is 24.3 Å². The number of nitrogens with two attached hydrogens (primary N) is 1. The van der Waals surface area contributed by atoms with E-state index in [0.29, 0.717) is 29.2 Å². The number of carbonyl (C=O) groups excluding carboxylic acids is 1. The zero-order valence-corrected chi connectivity index (χ0v) is 11.9. The first-order valence-corrected chi connectivity index (χ1v) is 7.16.